The molecule has 0 amide bonds. The van der Waals surface area contributed by atoms with Crippen LogP contribution in [0.3, 0.4) is 0 Å². The second kappa shape index (κ2) is 5.46. The van der Waals surface area contributed by atoms with Crippen molar-refractivity contribution in [2.75, 3.05) is 0 Å². The molecule has 2 N–H and O–H groups in total. The molecule has 0 spiro atoms. The molecular weight excluding hydrogens is 197 g/mol. The van der Waals surface area contributed by atoms with Crippen LogP contribution in [0, 0.1) is 5.82 Å². The highest BCUT2D eigenvalue weighted by molar-refractivity contribution is 5.67. The van der Waals surface area contributed by atoms with E-state index in [0.29, 0.717) is 6.54 Å². The number of hydrogen-bond acceptors (Lipinski definition) is 2. The molecule has 3 nitrogen and oxygen atoms in total. The van der Waals surface area contributed by atoms with Crippen molar-refractivity contribution < 1.29 is 14.3 Å². The second-order valence-corrected chi connectivity index (χ2v) is 3.51. The fourth-order valence-corrected chi connectivity index (χ4v) is 1.23. The maximum atomic E-state index is 12.6. The Bertz CT molecular complexity index is 324. The molecular formula is C11H14FNO2. The summed E-state index contributed by atoms with van der Waals surface area (Å²) in [5, 5.41) is 11.6. The molecule has 0 radical (unpaired) electrons. The van der Waals surface area contributed by atoms with E-state index in [2.05, 4.69) is 5.32 Å². The van der Waals surface area contributed by atoms with Crippen LogP contribution >= 0.6 is 0 Å². The average Bonchev–Trinajstić information content (AvgIpc) is 2.16. The van der Waals surface area contributed by atoms with Gasteiger partial charge in [-0.05, 0) is 24.6 Å². The van der Waals surface area contributed by atoms with E-state index in [4.69, 9.17) is 5.11 Å². The van der Waals surface area contributed by atoms with Gasteiger partial charge < -0.3 is 10.4 Å². The zero-order valence-corrected chi connectivity index (χ0v) is 8.53. The van der Waals surface area contributed by atoms with Gasteiger partial charge in [-0.25, -0.2) is 4.39 Å². The van der Waals surface area contributed by atoms with Crippen LogP contribution < -0.4 is 5.32 Å². The van der Waals surface area contributed by atoms with E-state index in [-0.39, 0.29) is 18.3 Å². The topological polar surface area (TPSA) is 49.3 Å². The highest BCUT2D eigenvalue weighted by atomic mass is 19.1. The molecule has 1 rings (SSSR count). The maximum Gasteiger partial charge on any atom is 0.304 e. The van der Waals surface area contributed by atoms with Gasteiger partial charge in [-0.1, -0.05) is 12.1 Å². The maximum absolute atomic E-state index is 12.6. The molecule has 0 saturated carbocycles. The Morgan fingerprint density at radius 1 is 1.47 bits per heavy atom. The van der Waals surface area contributed by atoms with Crippen LogP contribution in [-0.4, -0.2) is 17.1 Å². The van der Waals surface area contributed by atoms with Crippen molar-refractivity contribution in [3.63, 3.8) is 0 Å². The first kappa shape index (κ1) is 11.7. The predicted molar refractivity (Wildman–Crippen MR) is 55.0 cm³/mol. The second-order valence-electron chi connectivity index (χ2n) is 3.51. The monoisotopic (exact) mass is 211 g/mol. The van der Waals surface area contributed by atoms with Gasteiger partial charge in [0.1, 0.15) is 5.82 Å². The van der Waals surface area contributed by atoms with E-state index in [1.165, 1.54) is 12.1 Å². The molecule has 4 heteroatoms. The van der Waals surface area contributed by atoms with E-state index in [9.17, 15) is 9.18 Å². The van der Waals surface area contributed by atoms with Gasteiger partial charge in [0.2, 0.25) is 0 Å². The zero-order valence-electron chi connectivity index (χ0n) is 8.53. The van der Waals surface area contributed by atoms with Gasteiger partial charge in [0.25, 0.3) is 0 Å². The van der Waals surface area contributed by atoms with Crippen LogP contribution in [0.1, 0.15) is 18.9 Å². The van der Waals surface area contributed by atoms with Crippen LogP contribution in [0.15, 0.2) is 24.3 Å². The Kier molecular flexibility index (Phi) is 4.24. The largest absolute Gasteiger partial charge is 0.481 e. The molecule has 0 fully saturated rings. The van der Waals surface area contributed by atoms with Crippen LogP contribution in [0.25, 0.3) is 0 Å². The van der Waals surface area contributed by atoms with Gasteiger partial charge in [0.15, 0.2) is 0 Å². The highest BCUT2D eigenvalue weighted by Gasteiger charge is 2.06. The third-order valence-corrected chi connectivity index (χ3v) is 2.05. The summed E-state index contributed by atoms with van der Waals surface area (Å²) in [4.78, 5) is 10.4. The highest BCUT2D eigenvalue weighted by Crippen LogP contribution is 2.03. The molecule has 1 unspecified atom stereocenters. The number of benzene rings is 1. The number of rotatable bonds is 5. The first-order valence-electron chi connectivity index (χ1n) is 4.77. The van der Waals surface area contributed by atoms with Crippen molar-refractivity contribution in [2.24, 2.45) is 0 Å². The molecule has 82 valence electrons. The van der Waals surface area contributed by atoms with Crippen LogP contribution in [0.5, 0.6) is 0 Å². The van der Waals surface area contributed by atoms with Gasteiger partial charge in [-0.15, -0.1) is 0 Å². The molecule has 0 saturated heterocycles. The lowest BCUT2D eigenvalue weighted by molar-refractivity contribution is -0.137. The van der Waals surface area contributed by atoms with E-state index >= 15 is 0 Å². The van der Waals surface area contributed by atoms with Gasteiger partial charge >= 0.3 is 5.97 Å². The van der Waals surface area contributed by atoms with E-state index in [0.717, 1.165) is 5.56 Å². The summed E-state index contributed by atoms with van der Waals surface area (Å²) in [6.07, 6.45) is 0.0845. The molecule has 0 aromatic heterocycles. The van der Waals surface area contributed by atoms with Gasteiger partial charge in [-0.2, -0.15) is 0 Å². The molecule has 0 aliphatic rings. The van der Waals surface area contributed by atoms with Gasteiger partial charge in [0, 0.05) is 12.6 Å². The van der Waals surface area contributed by atoms with E-state index in [1.54, 1.807) is 19.1 Å². The third kappa shape index (κ3) is 4.56. The number of aliphatic carboxylic acids is 1. The van der Waals surface area contributed by atoms with Crippen molar-refractivity contribution in [2.45, 2.75) is 25.9 Å². The standard InChI is InChI=1S/C11H14FNO2/c1-8(6-11(14)15)13-7-9-2-4-10(12)5-3-9/h2-5,8,13H,6-7H2,1H3,(H,14,15). The lowest BCUT2D eigenvalue weighted by atomic mass is 10.2. The SMILES string of the molecule is CC(CC(=O)O)NCc1ccc(F)cc1. The Labute approximate surface area is 87.9 Å². The van der Waals surface area contributed by atoms with Crippen molar-refractivity contribution in [1.82, 2.24) is 5.32 Å². The summed E-state index contributed by atoms with van der Waals surface area (Å²) in [5.74, 6) is -1.09. The zero-order chi connectivity index (χ0) is 11.3. The Morgan fingerprint density at radius 3 is 2.60 bits per heavy atom. The molecule has 0 aliphatic carbocycles. The normalized spacial score (nSPS) is 12.4. The number of nitrogens with one attached hydrogen (secondary N) is 1. The minimum absolute atomic E-state index is 0.0845. The quantitative estimate of drug-likeness (QED) is 0.780. The minimum Gasteiger partial charge on any atom is -0.481 e. The predicted octanol–water partition coefficient (Wildman–Crippen LogP) is 1.78. The van der Waals surface area contributed by atoms with Gasteiger partial charge in [-0.3, -0.25) is 4.79 Å². The molecule has 0 heterocycles. The number of hydrogen-bond donors (Lipinski definition) is 2. The summed E-state index contributed by atoms with van der Waals surface area (Å²) < 4.78 is 12.6. The molecule has 1 aromatic carbocycles. The lowest BCUT2D eigenvalue weighted by Gasteiger charge is -2.11. The summed E-state index contributed by atoms with van der Waals surface area (Å²) >= 11 is 0. The van der Waals surface area contributed by atoms with Crippen LogP contribution in [0.2, 0.25) is 0 Å². The number of carbonyl (C=O) groups is 1. The summed E-state index contributed by atoms with van der Waals surface area (Å²) in [7, 11) is 0. The fourth-order valence-electron chi connectivity index (χ4n) is 1.23. The van der Waals surface area contributed by atoms with Crippen molar-refractivity contribution in [3.05, 3.63) is 35.6 Å². The van der Waals surface area contributed by atoms with Crippen molar-refractivity contribution in [3.8, 4) is 0 Å². The Balaban J connectivity index is 2.36. The molecule has 1 aromatic rings. The van der Waals surface area contributed by atoms with Crippen molar-refractivity contribution >= 4 is 5.97 Å². The van der Waals surface area contributed by atoms with E-state index < -0.39 is 5.97 Å². The smallest absolute Gasteiger partial charge is 0.304 e. The average molecular weight is 211 g/mol. The van der Waals surface area contributed by atoms with Crippen LogP contribution in [0.4, 0.5) is 4.39 Å². The molecule has 0 aliphatic heterocycles. The van der Waals surface area contributed by atoms with Crippen LogP contribution in [-0.2, 0) is 11.3 Å². The summed E-state index contributed by atoms with van der Waals surface area (Å²) in [6, 6.07) is 6.04. The number of carboxylic acid groups (broad SMARTS) is 1. The lowest BCUT2D eigenvalue weighted by Crippen LogP contribution is -2.27. The fraction of sp³-hybridized carbons (Fsp3) is 0.364. The Hall–Kier alpha value is -1.42. The summed E-state index contributed by atoms with van der Waals surface area (Å²) in [6.45, 7) is 2.35. The molecule has 0 bridgehead atoms. The third-order valence-electron chi connectivity index (χ3n) is 2.05. The molecule has 1 atom stereocenters. The first-order chi connectivity index (χ1) is 7.08. The van der Waals surface area contributed by atoms with Gasteiger partial charge in [0.05, 0.1) is 6.42 Å². The van der Waals surface area contributed by atoms with E-state index in [1.807, 2.05) is 0 Å². The Morgan fingerprint density at radius 2 is 2.07 bits per heavy atom. The number of carboxylic acids is 1. The molecule has 15 heavy (non-hydrogen) atoms. The summed E-state index contributed by atoms with van der Waals surface area (Å²) in [5.41, 5.74) is 0.939. The number of halogens is 1. The first-order valence-corrected chi connectivity index (χ1v) is 4.77. The minimum atomic E-state index is -0.825. The van der Waals surface area contributed by atoms with Crippen molar-refractivity contribution in [1.29, 1.82) is 0 Å².